The SMILES string of the molecule is COc1ccc(-c2cc3nccn3c(-c3cnn(C4(CC#N)CN(C(C)(C)C)C4)c3)n2)cc1. The molecule has 0 spiro atoms. The monoisotopic (exact) mass is 441 g/mol. The second kappa shape index (κ2) is 7.71. The van der Waals surface area contributed by atoms with Crippen molar-refractivity contribution in [2.75, 3.05) is 20.2 Å². The summed E-state index contributed by atoms with van der Waals surface area (Å²) in [6.07, 6.45) is 7.94. The van der Waals surface area contributed by atoms with Gasteiger partial charge in [0.2, 0.25) is 0 Å². The van der Waals surface area contributed by atoms with E-state index in [1.807, 2.05) is 58.0 Å². The fourth-order valence-electron chi connectivity index (χ4n) is 4.36. The van der Waals surface area contributed by atoms with E-state index in [1.165, 1.54) is 0 Å². The minimum absolute atomic E-state index is 0.0617. The lowest BCUT2D eigenvalue weighted by Crippen LogP contribution is -2.67. The highest BCUT2D eigenvalue weighted by atomic mass is 16.5. The van der Waals surface area contributed by atoms with Crippen LogP contribution in [0.15, 0.2) is 55.1 Å². The number of nitriles is 1. The summed E-state index contributed by atoms with van der Waals surface area (Å²) >= 11 is 0. The molecule has 1 aliphatic heterocycles. The van der Waals surface area contributed by atoms with Crippen LogP contribution >= 0.6 is 0 Å². The third kappa shape index (κ3) is 3.64. The molecule has 0 atom stereocenters. The van der Waals surface area contributed by atoms with E-state index < -0.39 is 0 Å². The summed E-state index contributed by atoms with van der Waals surface area (Å²) in [6, 6.07) is 12.2. The lowest BCUT2D eigenvalue weighted by molar-refractivity contribution is -0.0530. The Hall–Kier alpha value is -3.70. The first-order chi connectivity index (χ1) is 15.8. The maximum absolute atomic E-state index is 9.51. The van der Waals surface area contributed by atoms with E-state index in [0.717, 1.165) is 47.1 Å². The number of nitrogens with zero attached hydrogens (tertiary/aromatic N) is 7. The highest BCUT2D eigenvalue weighted by molar-refractivity contribution is 5.69. The fourth-order valence-corrected chi connectivity index (χ4v) is 4.36. The molecule has 8 nitrogen and oxygen atoms in total. The van der Waals surface area contributed by atoms with Crippen LogP contribution in [0.3, 0.4) is 0 Å². The largest absolute Gasteiger partial charge is 0.497 e. The molecule has 0 radical (unpaired) electrons. The number of fused-ring (bicyclic) bond motifs is 1. The number of ether oxygens (including phenoxy) is 1. The van der Waals surface area contributed by atoms with Crippen LogP contribution in [0.4, 0.5) is 0 Å². The van der Waals surface area contributed by atoms with Gasteiger partial charge in [0.15, 0.2) is 0 Å². The summed E-state index contributed by atoms with van der Waals surface area (Å²) in [6.45, 7) is 8.18. The van der Waals surface area contributed by atoms with E-state index in [2.05, 4.69) is 41.8 Å². The summed E-state index contributed by atoms with van der Waals surface area (Å²) in [5.74, 6) is 1.57. The van der Waals surface area contributed by atoms with Gasteiger partial charge in [0.1, 0.15) is 22.8 Å². The van der Waals surface area contributed by atoms with Crippen LogP contribution in [0.2, 0.25) is 0 Å². The zero-order valence-corrected chi connectivity index (χ0v) is 19.4. The van der Waals surface area contributed by atoms with Crippen molar-refractivity contribution >= 4 is 5.65 Å². The van der Waals surface area contributed by atoms with Crippen molar-refractivity contribution in [3.05, 3.63) is 55.1 Å². The van der Waals surface area contributed by atoms with E-state index in [1.54, 1.807) is 13.3 Å². The first-order valence-electron chi connectivity index (χ1n) is 11.0. The molecule has 0 unspecified atom stereocenters. The third-order valence-corrected chi connectivity index (χ3v) is 6.43. The van der Waals surface area contributed by atoms with Gasteiger partial charge in [0.05, 0.1) is 37.1 Å². The number of benzene rings is 1. The van der Waals surface area contributed by atoms with Gasteiger partial charge >= 0.3 is 0 Å². The zero-order valence-electron chi connectivity index (χ0n) is 19.4. The molecule has 4 aromatic rings. The second-order valence-corrected chi connectivity index (χ2v) is 9.61. The third-order valence-electron chi connectivity index (χ3n) is 6.43. The van der Waals surface area contributed by atoms with Gasteiger partial charge in [0, 0.05) is 48.8 Å². The summed E-state index contributed by atoms with van der Waals surface area (Å²) in [5.41, 5.74) is 3.26. The summed E-state index contributed by atoms with van der Waals surface area (Å²) in [4.78, 5) is 11.8. The number of hydrogen-bond donors (Lipinski definition) is 0. The van der Waals surface area contributed by atoms with Crippen molar-refractivity contribution in [3.63, 3.8) is 0 Å². The molecule has 0 amide bonds. The highest BCUT2D eigenvalue weighted by Gasteiger charge is 2.48. The Labute approximate surface area is 193 Å². The van der Waals surface area contributed by atoms with E-state index in [0.29, 0.717) is 6.42 Å². The maximum atomic E-state index is 9.51. The standard InChI is InChI=1S/C25H27N7O/c1-24(2,3)30-16-25(17-30,9-10-26)32-15-19(14-28-32)23-29-21(13-22-27-11-12-31(22)23)18-5-7-20(33-4)8-6-18/h5-8,11-15H,9,16-17H2,1-4H3. The van der Waals surface area contributed by atoms with Crippen molar-refractivity contribution in [2.45, 2.75) is 38.3 Å². The molecule has 3 aromatic heterocycles. The topological polar surface area (TPSA) is 84.3 Å². The first-order valence-corrected chi connectivity index (χ1v) is 11.0. The Kier molecular flexibility index (Phi) is 4.94. The molecule has 1 saturated heterocycles. The average Bonchev–Trinajstić information content (AvgIpc) is 3.44. The molecular weight excluding hydrogens is 414 g/mol. The van der Waals surface area contributed by atoms with E-state index in [-0.39, 0.29) is 11.1 Å². The van der Waals surface area contributed by atoms with Crippen LogP contribution < -0.4 is 4.74 Å². The molecule has 168 valence electrons. The molecule has 0 saturated carbocycles. The van der Waals surface area contributed by atoms with Crippen molar-refractivity contribution in [2.24, 2.45) is 0 Å². The number of methoxy groups -OCH3 is 1. The molecular formula is C25H27N7O. The van der Waals surface area contributed by atoms with Crippen molar-refractivity contribution in [1.29, 1.82) is 5.26 Å². The predicted octanol–water partition coefficient (Wildman–Crippen LogP) is 3.99. The summed E-state index contributed by atoms with van der Waals surface area (Å²) in [5, 5.41) is 14.2. The quantitative estimate of drug-likeness (QED) is 0.466. The molecule has 1 aliphatic rings. The second-order valence-electron chi connectivity index (χ2n) is 9.61. The average molecular weight is 442 g/mol. The molecule has 0 aliphatic carbocycles. The fraction of sp³-hybridized carbons (Fsp3) is 0.360. The van der Waals surface area contributed by atoms with Gasteiger partial charge in [-0.25, -0.2) is 9.97 Å². The Balaban J connectivity index is 1.54. The number of rotatable bonds is 5. The number of hydrogen-bond acceptors (Lipinski definition) is 6. The van der Waals surface area contributed by atoms with Crippen LogP contribution in [0.5, 0.6) is 5.75 Å². The lowest BCUT2D eigenvalue weighted by Gasteiger charge is -2.54. The molecule has 4 heterocycles. The Morgan fingerprint density at radius 1 is 1.15 bits per heavy atom. The van der Waals surface area contributed by atoms with Crippen molar-refractivity contribution in [1.82, 2.24) is 29.0 Å². The minimum Gasteiger partial charge on any atom is -0.497 e. The molecule has 1 fully saturated rings. The number of aromatic nitrogens is 5. The van der Waals surface area contributed by atoms with Crippen molar-refractivity contribution < 1.29 is 4.74 Å². The summed E-state index contributed by atoms with van der Waals surface area (Å²) in [7, 11) is 1.65. The van der Waals surface area contributed by atoms with Gasteiger partial charge < -0.3 is 4.74 Å². The van der Waals surface area contributed by atoms with Crippen molar-refractivity contribution in [3.8, 4) is 34.5 Å². The zero-order chi connectivity index (χ0) is 23.2. The van der Waals surface area contributed by atoms with Crippen LogP contribution in [0, 0.1) is 11.3 Å². The minimum atomic E-state index is -0.318. The first kappa shape index (κ1) is 21.2. The van der Waals surface area contributed by atoms with Crippen LogP contribution in [0.25, 0.3) is 28.3 Å². The van der Waals surface area contributed by atoms with Gasteiger partial charge in [-0.1, -0.05) is 0 Å². The maximum Gasteiger partial charge on any atom is 0.149 e. The Bertz CT molecular complexity index is 1330. The molecule has 1 aromatic carbocycles. The summed E-state index contributed by atoms with van der Waals surface area (Å²) < 4.78 is 9.20. The van der Waals surface area contributed by atoms with Gasteiger partial charge in [-0.3, -0.25) is 14.0 Å². The Morgan fingerprint density at radius 3 is 2.58 bits per heavy atom. The van der Waals surface area contributed by atoms with Gasteiger partial charge in [-0.15, -0.1) is 0 Å². The molecule has 0 N–H and O–H groups in total. The smallest absolute Gasteiger partial charge is 0.149 e. The number of imidazole rings is 1. The normalized spacial score (nSPS) is 15.8. The highest BCUT2D eigenvalue weighted by Crippen LogP contribution is 2.37. The molecule has 0 bridgehead atoms. The Morgan fingerprint density at radius 2 is 1.91 bits per heavy atom. The molecule has 8 heteroatoms. The molecule has 33 heavy (non-hydrogen) atoms. The van der Waals surface area contributed by atoms with E-state index in [9.17, 15) is 5.26 Å². The van der Waals surface area contributed by atoms with Gasteiger partial charge in [0.25, 0.3) is 0 Å². The van der Waals surface area contributed by atoms with Gasteiger partial charge in [-0.2, -0.15) is 10.4 Å². The van der Waals surface area contributed by atoms with Crippen LogP contribution in [-0.4, -0.2) is 54.8 Å². The molecule has 5 rings (SSSR count). The number of likely N-dealkylation sites (tertiary alicyclic amines) is 1. The van der Waals surface area contributed by atoms with E-state index >= 15 is 0 Å². The van der Waals surface area contributed by atoms with Gasteiger partial charge in [-0.05, 0) is 45.0 Å². The van der Waals surface area contributed by atoms with Crippen LogP contribution in [0.1, 0.15) is 27.2 Å². The van der Waals surface area contributed by atoms with E-state index in [4.69, 9.17) is 9.72 Å². The van der Waals surface area contributed by atoms with Crippen LogP contribution in [-0.2, 0) is 5.54 Å². The predicted molar refractivity (Wildman–Crippen MR) is 126 cm³/mol. The lowest BCUT2D eigenvalue weighted by atomic mass is 9.83.